The van der Waals surface area contributed by atoms with Gasteiger partial charge in [0.1, 0.15) is 13.2 Å². The van der Waals surface area contributed by atoms with Crippen LogP contribution in [-0.4, -0.2) is 26.8 Å². The molecule has 1 aliphatic carbocycles. The van der Waals surface area contributed by atoms with Crippen molar-refractivity contribution in [2.45, 2.75) is 25.2 Å². The second-order valence-corrected chi connectivity index (χ2v) is 5.48. The molecule has 1 heterocycles. The van der Waals surface area contributed by atoms with Crippen LogP contribution < -0.4 is 14.8 Å². The summed E-state index contributed by atoms with van der Waals surface area (Å²) in [5.74, 6) is 2.53. The van der Waals surface area contributed by atoms with E-state index in [1.807, 2.05) is 7.05 Å². The molecule has 0 aromatic heterocycles. The number of benzene rings is 1. The maximum absolute atomic E-state index is 5.70. The molecule has 1 saturated carbocycles. The molecule has 1 aromatic rings. The van der Waals surface area contributed by atoms with Gasteiger partial charge in [-0.1, -0.05) is 13.0 Å². The molecule has 3 rings (SSSR count). The number of fused-ring (bicyclic) bond motifs is 1. The van der Waals surface area contributed by atoms with Crippen LogP contribution in [-0.2, 0) is 5.41 Å². The van der Waals surface area contributed by atoms with E-state index in [4.69, 9.17) is 9.47 Å². The Balaban J connectivity index is 1.95. The molecule has 1 aromatic carbocycles. The minimum Gasteiger partial charge on any atom is -0.486 e. The third-order valence-corrected chi connectivity index (χ3v) is 4.58. The van der Waals surface area contributed by atoms with Crippen molar-refractivity contribution in [3.63, 3.8) is 0 Å². The van der Waals surface area contributed by atoms with Crippen molar-refractivity contribution >= 4 is 0 Å². The monoisotopic (exact) mass is 247 g/mol. The highest BCUT2D eigenvalue weighted by molar-refractivity contribution is 5.47. The normalized spacial score (nSPS) is 29.8. The van der Waals surface area contributed by atoms with Crippen LogP contribution in [0.2, 0.25) is 0 Å². The molecule has 0 spiro atoms. The van der Waals surface area contributed by atoms with E-state index >= 15 is 0 Å². The minimum atomic E-state index is 0.282. The fourth-order valence-corrected chi connectivity index (χ4v) is 3.24. The molecule has 2 unspecified atom stereocenters. The number of hydrogen-bond donors (Lipinski definition) is 1. The Morgan fingerprint density at radius 3 is 2.67 bits per heavy atom. The van der Waals surface area contributed by atoms with Gasteiger partial charge in [-0.15, -0.1) is 0 Å². The summed E-state index contributed by atoms with van der Waals surface area (Å²) in [4.78, 5) is 0. The van der Waals surface area contributed by atoms with Crippen LogP contribution in [0.3, 0.4) is 0 Å². The van der Waals surface area contributed by atoms with Crippen molar-refractivity contribution in [2.24, 2.45) is 5.92 Å². The van der Waals surface area contributed by atoms with E-state index in [-0.39, 0.29) is 5.41 Å². The zero-order chi connectivity index (χ0) is 12.6. The number of hydrogen-bond acceptors (Lipinski definition) is 3. The molecule has 2 atom stereocenters. The molecule has 1 fully saturated rings. The lowest BCUT2D eigenvalue weighted by atomic mass is 9.57. The lowest BCUT2D eigenvalue weighted by molar-refractivity contribution is 0.134. The standard InChI is InChI=1S/C15H21NO2/c1-11-5-6-15(11,10-16-2)12-3-4-13-14(9-12)18-8-7-17-13/h3-4,9,11,16H,5-8,10H2,1-2H3. The average molecular weight is 247 g/mol. The summed E-state index contributed by atoms with van der Waals surface area (Å²) >= 11 is 0. The van der Waals surface area contributed by atoms with E-state index in [9.17, 15) is 0 Å². The molecule has 0 saturated heterocycles. The Morgan fingerprint density at radius 1 is 1.28 bits per heavy atom. The van der Waals surface area contributed by atoms with Crippen molar-refractivity contribution in [1.82, 2.24) is 5.32 Å². The van der Waals surface area contributed by atoms with E-state index in [1.54, 1.807) is 0 Å². The average Bonchev–Trinajstić information content (AvgIpc) is 2.42. The van der Waals surface area contributed by atoms with Gasteiger partial charge in [0.25, 0.3) is 0 Å². The van der Waals surface area contributed by atoms with Gasteiger partial charge in [-0.2, -0.15) is 0 Å². The molecular weight excluding hydrogens is 226 g/mol. The van der Waals surface area contributed by atoms with Crippen LogP contribution >= 0.6 is 0 Å². The summed E-state index contributed by atoms with van der Waals surface area (Å²) in [6, 6.07) is 6.45. The first-order valence-electron chi connectivity index (χ1n) is 6.81. The van der Waals surface area contributed by atoms with Crippen LogP contribution in [0.25, 0.3) is 0 Å². The molecule has 3 nitrogen and oxygen atoms in total. The highest BCUT2D eigenvalue weighted by Gasteiger charge is 2.45. The topological polar surface area (TPSA) is 30.5 Å². The zero-order valence-corrected chi connectivity index (χ0v) is 11.2. The summed E-state index contributed by atoms with van der Waals surface area (Å²) in [6.45, 7) is 4.70. The van der Waals surface area contributed by atoms with E-state index in [0.717, 1.165) is 24.0 Å². The Bertz CT molecular complexity index is 446. The molecule has 2 aliphatic rings. The number of likely N-dealkylation sites (N-methyl/N-ethyl adjacent to an activating group) is 1. The lowest BCUT2D eigenvalue weighted by Crippen LogP contribution is -2.49. The number of rotatable bonds is 3. The van der Waals surface area contributed by atoms with Gasteiger partial charge in [0, 0.05) is 12.0 Å². The van der Waals surface area contributed by atoms with Crippen LogP contribution in [0.5, 0.6) is 11.5 Å². The molecule has 1 N–H and O–H groups in total. The van der Waals surface area contributed by atoms with Gasteiger partial charge in [-0.05, 0) is 43.5 Å². The van der Waals surface area contributed by atoms with Gasteiger partial charge in [-0.3, -0.25) is 0 Å². The first-order valence-corrected chi connectivity index (χ1v) is 6.81. The van der Waals surface area contributed by atoms with Crippen molar-refractivity contribution < 1.29 is 9.47 Å². The van der Waals surface area contributed by atoms with E-state index < -0.39 is 0 Å². The van der Waals surface area contributed by atoms with Gasteiger partial charge in [0.15, 0.2) is 11.5 Å². The summed E-state index contributed by atoms with van der Waals surface area (Å²) in [6.07, 6.45) is 2.57. The van der Waals surface area contributed by atoms with E-state index in [2.05, 4.69) is 30.4 Å². The predicted octanol–water partition coefficient (Wildman–Crippen LogP) is 2.34. The second kappa shape index (κ2) is 4.47. The van der Waals surface area contributed by atoms with Gasteiger partial charge in [0.2, 0.25) is 0 Å². The third kappa shape index (κ3) is 1.69. The summed E-state index contributed by atoms with van der Waals surface area (Å²) in [5, 5.41) is 3.35. The van der Waals surface area contributed by atoms with Crippen molar-refractivity contribution in [3.05, 3.63) is 23.8 Å². The number of nitrogens with one attached hydrogen (secondary N) is 1. The van der Waals surface area contributed by atoms with Crippen molar-refractivity contribution in [1.29, 1.82) is 0 Å². The molecule has 18 heavy (non-hydrogen) atoms. The maximum Gasteiger partial charge on any atom is 0.161 e. The third-order valence-electron chi connectivity index (χ3n) is 4.58. The van der Waals surface area contributed by atoms with Crippen LogP contribution in [0.15, 0.2) is 18.2 Å². The smallest absolute Gasteiger partial charge is 0.161 e. The Morgan fingerprint density at radius 2 is 2.06 bits per heavy atom. The molecule has 1 aliphatic heterocycles. The zero-order valence-electron chi connectivity index (χ0n) is 11.2. The summed E-state index contributed by atoms with van der Waals surface area (Å²) in [7, 11) is 2.03. The van der Waals surface area contributed by atoms with Crippen molar-refractivity contribution in [2.75, 3.05) is 26.8 Å². The van der Waals surface area contributed by atoms with Gasteiger partial charge >= 0.3 is 0 Å². The van der Waals surface area contributed by atoms with Crippen LogP contribution in [0.1, 0.15) is 25.3 Å². The minimum absolute atomic E-state index is 0.282. The Kier molecular flexibility index (Phi) is 2.94. The van der Waals surface area contributed by atoms with Gasteiger partial charge < -0.3 is 14.8 Å². The molecular formula is C15H21NO2. The van der Waals surface area contributed by atoms with Gasteiger partial charge in [-0.25, -0.2) is 0 Å². The second-order valence-electron chi connectivity index (χ2n) is 5.48. The highest BCUT2D eigenvalue weighted by Crippen LogP contribution is 2.49. The fourth-order valence-electron chi connectivity index (χ4n) is 3.24. The van der Waals surface area contributed by atoms with Gasteiger partial charge in [0.05, 0.1) is 0 Å². The SMILES string of the molecule is CNCC1(c2ccc3c(c2)OCCO3)CCC1C. The van der Waals surface area contributed by atoms with E-state index in [0.29, 0.717) is 13.2 Å². The largest absolute Gasteiger partial charge is 0.486 e. The molecule has 98 valence electrons. The summed E-state index contributed by atoms with van der Waals surface area (Å²) < 4.78 is 11.3. The quantitative estimate of drug-likeness (QED) is 0.889. The molecule has 0 bridgehead atoms. The number of ether oxygens (including phenoxy) is 2. The fraction of sp³-hybridized carbons (Fsp3) is 0.600. The first kappa shape index (κ1) is 11.8. The van der Waals surface area contributed by atoms with Crippen LogP contribution in [0, 0.1) is 5.92 Å². The Hall–Kier alpha value is -1.22. The van der Waals surface area contributed by atoms with Crippen molar-refractivity contribution in [3.8, 4) is 11.5 Å². The highest BCUT2D eigenvalue weighted by atomic mass is 16.6. The predicted molar refractivity (Wildman–Crippen MR) is 71.4 cm³/mol. The maximum atomic E-state index is 5.70. The lowest BCUT2D eigenvalue weighted by Gasteiger charge is -2.49. The first-order chi connectivity index (χ1) is 8.76. The molecule has 3 heteroatoms. The summed E-state index contributed by atoms with van der Waals surface area (Å²) in [5.41, 5.74) is 1.67. The van der Waals surface area contributed by atoms with E-state index in [1.165, 1.54) is 18.4 Å². The Labute approximate surface area is 108 Å². The van der Waals surface area contributed by atoms with Crippen LogP contribution in [0.4, 0.5) is 0 Å². The molecule has 0 amide bonds. The molecule has 0 radical (unpaired) electrons.